The number of unbranched alkanes of at least 4 members (excludes halogenated alkanes) is 3. The van der Waals surface area contributed by atoms with Gasteiger partial charge in [-0.1, -0.05) is 26.2 Å². The SMILES string of the molecule is CCCCCCn1cc(NC(=O)c2nc(NC(=O)CCNC(=O)c3cc(NC(=O)c4nccn4C)cn3C)cn2C)cc1C(=O)NCCCC(=O)Nc1cn(C)c(C(=O)NCCC(=O)Nc2cc(C(=O)Nc3cn(C)c(C(=O)NCCC(=O)NCCOCCOCCOCCOCCOCCOCCOCCOCCOCCOCC)n3)n(C)c2)n1. The maximum Gasteiger partial charge on any atom is 0.291 e. The summed E-state index contributed by atoms with van der Waals surface area (Å²) < 4.78 is 65.1. The van der Waals surface area contributed by atoms with Gasteiger partial charge >= 0.3 is 0 Å². The second kappa shape index (κ2) is 53.9. The Balaban J connectivity index is 0.696. The molecule has 43 nitrogen and oxygen atoms in total. The van der Waals surface area contributed by atoms with Crippen molar-refractivity contribution in [3.63, 3.8) is 0 Å². The van der Waals surface area contributed by atoms with Crippen LogP contribution in [0.1, 0.15) is 146 Å². The molecule has 0 bridgehead atoms. The highest BCUT2D eigenvalue weighted by molar-refractivity contribution is 6.06. The van der Waals surface area contributed by atoms with Crippen molar-refractivity contribution in [1.82, 2.24) is 78.5 Å². The molecule has 0 spiro atoms. The van der Waals surface area contributed by atoms with Gasteiger partial charge in [0.05, 0.1) is 143 Å². The third-order valence-electron chi connectivity index (χ3n) is 17.6. The van der Waals surface area contributed by atoms with Crippen LogP contribution in [0.5, 0.6) is 0 Å². The van der Waals surface area contributed by atoms with Gasteiger partial charge in [-0.15, -0.1) is 0 Å². The van der Waals surface area contributed by atoms with Gasteiger partial charge in [-0.3, -0.25) is 52.7 Å². The van der Waals surface area contributed by atoms with E-state index in [4.69, 9.17) is 47.4 Å². The molecule has 0 fully saturated rings. The summed E-state index contributed by atoms with van der Waals surface area (Å²) in [6, 6.07) is 4.48. The minimum atomic E-state index is -0.622. The Hall–Kier alpha value is -11.5. The van der Waals surface area contributed by atoms with E-state index in [-0.39, 0.29) is 141 Å². The van der Waals surface area contributed by atoms with Gasteiger partial charge in [-0.25, -0.2) is 19.9 Å². The molecule has 11 N–H and O–H groups in total. The predicted molar refractivity (Wildman–Crippen MR) is 441 cm³/mol. The number of carbonyl (C=O) groups excluding carboxylic acids is 11. The van der Waals surface area contributed by atoms with Gasteiger partial charge < -0.3 is 138 Å². The molecule has 0 aromatic carbocycles. The maximum atomic E-state index is 13.7. The predicted octanol–water partition coefficient (Wildman–Crippen LogP) is 2.52. The van der Waals surface area contributed by atoms with Crippen LogP contribution in [0.15, 0.2) is 67.8 Å². The molecule has 0 aliphatic rings. The summed E-state index contributed by atoms with van der Waals surface area (Å²) in [6.45, 7) is 13.9. The van der Waals surface area contributed by atoms with E-state index in [1.165, 1.54) is 72.0 Å². The number of hydrogen-bond acceptors (Lipinski definition) is 25. The van der Waals surface area contributed by atoms with Crippen LogP contribution >= 0.6 is 0 Å². The Morgan fingerprint density at radius 2 is 0.686 bits per heavy atom. The third-order valence-corrected chi connectivity index (χ3v) is 17.6. The van der Waals surface area contributed by atoms with Gasteiger partial charge in [0.2, 0.25) is 41.1 Å². The number of aromatic nitrogens is 11. The second-order valence-corrected chi connectivity index (χ2v) is 27.3. The molecule has 0 atom stereocenters. The van der Waals surface area contributed by atoms with E-state index >= 15 is 0 Å². The first-order valence-corrected chi connectivity index (χ1v) is 40.1. The van der Waals surface area contributed by atoms with Crippen LogP contribution in [0.3, 0.4) is 0 Å². The number of imidazole rings is 4. The van der Waals surface area contributed by atoms with Crippen molar-refractivity contribution >= 4 is 99.5 Å². The number of anilines is 6. The average molecular weight is 1700 g/mol. The molecule has 0 aliphatic carbocycles. The van der Waals surface area contributed by atoms with Gasteiger partial charge in [-0.2, -0.15) is 0 Å². The maximum absolute atomic E-state index is 13.7. The quantitative estimate of drug-likeness (QED) is 0.0244. The lowest BCUT2D eigenvalue weighted by Crippen LogP contribution is -2.33. The van der Waals surface area contributed by atoms with Gasteiger partial charge in [0, 0.05) is 163 Å². The summed E-state index contributed by atoms with van der Waals surface area (Å²) in [6.07, 6.45) is 15.8. The molecule has 0 radical (unpaired) electrons. The lowest BCUT2D eigenvalue weighted by molar-refractivity contribution is -0.121. The first kappa shape index (κ1) is 96.6. The molecule has 43 heteroatoms. The molecule has 121 heavy (non-hydrogen) atoms. The van der Waals surface area contributed by atoms with Crippen LogP contribution < -0.4 is 58.5 Å². The van der Waals surface area contributed by atoms with Crippen LogP contribution in [0.4, 0.5) is 34.5 Å². The summed E-state index contributed by atoms with van der Waals surface area (Å²) >= 11 is 0. The summed E-state index contributed by atoms with van der Waals surface area (Å²) in [5.74, 6) is -5.15. The Labute approximate surface area is 700 Å². The molecule has 0 saturated carbocycles. The first-order chi connectivity index (χ1) is 58.5. The summed E-state index contributed by atoms with van der Waals surface area (Å²) in [7, 11) is 9.62. The number of carbonyl (C=O) groups is 11. The molecule has 0 aliphatic heterocycles. The standard InChI is InChI=1S/C78H116N22O21/c1-9-11-12-13-25-100-51-57(87-78(111)71-91-62(53-99(71)8)89-67(104)18-21-82-72(105)58-47-56(50-95(58)4)86-77(110)68-80-23-26-94(68)3)48-60(100)73(106)81-19-14-15-65(102)88-61-52-97(6)69(90-61)75(108)84-22-17-66(103)85-55-46-59(96(5)49-55)74(107)93-63-54-98(7)70(92-63)76(109)83-20-16-64(101)79-24-27-113-30-31-115-34-35-117-38-39-119-42-43-121-45-44-120-41-40-118-37-36-116-33-32-114-29-28-112-10-2/h23,26,46-54H,9-22,24-25,27-45H2,1-8H3,(H,79,101)(H,81,106)(H,82,105)(H,83,109)(H,84,108)(H,85,103)(H,86,110)(H,87,111)(H,88,102)(H,89,104)(H,93,107). The highest BCUT2D eigenvalue weighted by Crippen LogP contribution is 2.21. The number of nitrogens with zero attached hydrogens (tertiary/aromatic N) is 11. The Bertz CT molecular complexity index is 4440. The normalized spacial score (nSPS) is 11.2. The Morgan fingerprint density at radius 3 is 1.16 bits per heavy atom. The van der Waals surface area contributed by atoms with Crippen LogP contribution in [0, 0.1) is 0 Å². The van der Waals surface area contributed by atoms with Crippen molar-refractivity contribution in [1.29, 1.82) is 0 Å². The van der Waals surface area contributed by atoms with Gasteiger partial charge in [0.15, 0.2) is 23.3 Å². The van der Waals surface area contributed by atoms with Crippen molar-refractivity contribution in [2.24, 2.45) is 42.3 Å². The fraction of sp³-hybridized carbons (Fsp3) is 0.551. The first-order valence-electron chi connectivity index (χ1n) is 40.1. The number of ether oxygens (including phenoxy) is 10. The number of nitrogens with one attached hydrogen (secondary N) is 11. The molecule has 7 rings (SSSR count). The van der Waals surface area contributed by atoms with E-state index in [2.05, 4.69) is 85.3 Å². The number of rotatable bonds is 62. The molecular weight excluding hydrogens is 1580 g/mol. The zero-order chi connectivity index (χ0) is 87.1. The van der Waals surface area contributed by atoms with Crippen LogP contribution in [0.2, 0.25) is 0 Å². The highest BCUT2D eigenvalue weighted by Gasteiger charge is 2.24. The molecule has 664 valence electrons. The highest BCUT2D eigenvalue weighted by atomic mass is 16.6. The van der Waals surface area contributed by atoms with E-state index in [9.17, 15) is 52.7 Å². The zero-order valence-electron chi connectivity index (χ0n) is 70.1. The third kappa shape index (κ3) is 35.4. The lowest BCUT2D eigenvalue weighted by atomic mass is 10.2. The van der Waals surface area contributed by atoms with Crippen molar-refractivity contribution in [2.45, 2.75) is 78.2 Å². The lowest BCUT2D eigenvalue weighted by Gasteiger charge is -2.09. The molecule has 0 unspecified atom stereocenters. The van der Waals surface area contributed by atoms with E-state index < -0.39 is 59.1 Å². The van der Waals surface area contributed by atoms with Crippen LogP contribution in [-0.2, 0) is 115 Å². The second-order valence-electron chi connectivity index (χ2n) is 27.3. The van der Waals surface area contributed by atoms with E-state index in [0.29, 0.717) is 143 Å². The monoisotopic (exact) mass is 1700 g/mol. The smallest absolute Gasteiger partial charge is 0.291 e. The van der Waals surface area contributed by atoms with Gasteiger partial charge in [-0.05, 0) is 38.0 Å². The van der Waals surface area contributed by atoms with Crippen molar-refractivity contribution in [3.05, 3.63) is 108 Å². The summed E-state index contributed by atoms with van der Waals surface area (Å²) in [5, 5.41) is 29.7. The summed E-state index contributed by atoms with van der Waals surface area (Å²) in [5.41, 5.74) is 1.64. The van der Waals surface area contributed by atoms with Crippen molar-refractivity contribution in [3.8, 4) is 0 Å². The topological polar surface area (TPSA) is 498 Å². The van der Waals surface area contributed by atoms with E-state index in [1.54, 1.807) is 70.0 Å². The number of aryl methyl sites for hydroxylation is 7. The molecule has 7 aromatic rings. The molecule has 7 aromatic heterocycles. The molecule has 11 amide bonds. The number of hydrogen-bond donors (Lipinski definition) is 11. The zero-order valence-corrected chi connectivity index (χ0v) is 70.1. The van der Waals surface area contributed by atoms with Gasteiger partial charge in [0.1, 0.15) is 17.1 Å². The van der Waals surface area contributed by atoms with Crippen LogP contribution in [-0.4, -0.2) is 282 Å². The Morgan fingerprint density at radius 1 is 0.306 bits per heavy atom. The van der Waals surface area contributed by atoms with Crippen molar-refractivity contribution in [2.75, 3.05) is 197 Å². The molecule has 0 saturated heterocycles. The minimum absolute atomic E-state index is 0.00986. The summed E-state index contributed by atoms with van der Waals surface area (Å²) in [4.78, 5) is 161. The fourth-order valence-corrected chi connectivity index (χ4v) is 11.5. The van der Waals surface area contributed by atoms with E-state index in [1.807, 2.05) is 6.92 Å². The van der Waals surface area contributed by atoms with E-state index in [0.717, 1.165) is 25.7 Å². The number of amides is 11. The molecule has 7 heterocycles. The minimum Gasteiger partial charge on any atom is -0.379 e. The molecular formula is C78H116N22O21. The average Bonchev–Trinajstić information content (AvgIpc) is 1.57. The Kier molecular flexibility index (Phi) is 43.0. The van der Waals surface area contributed by atoms with Crippen LogP contribution in [0.25, 0.3) is 0 Å². The van der Waals surface area contributed by atoms with Gasteiger partial charge in [0.25, 0.3) is 41.4 Å². The fourth-order valence-electron chi connectivity index (χ4n) is 11.5. The largest absolute Gasteiger partial charge is 0.379 e. The van der Waals surface area contributed by atoms with Crippen molar-refractivity contribution < 1.29 is 100 Å².